The molecule has 0 amide bonds. The monoisotopic (exact) mass is 760 g/mol. The van der Waals surface area contributed by atoms with Crippen molar-refractivity contribution in [2.75, 3.05) is 0 Å². The first-order valence-electron chi connectivity index (χ1n) is 18.6. The van der Waals surface area contributed by atoms with Gasteiger partial charge in [0.1, 0.15) is 0 Å². The summed E-state index contributed by atoms with van der Waals surface area (Å²) in [6.07, 6.45) is 7.83. The van der Waals surface area contributed by atoms with Crippen LogP contribution in [0.2, 0.25) is 0 Å². The quantitative estimate of drug-likeness (QED) is 0.158. The molecule has 0 aromatic heterocycles. The molecule has 1 aliphatic heterocycles. The van der Waals surface area contributed by atoms with Gasteiger partial charge in [-0.05, 0) is 0 Å². The van der Waals surface area contributed by atoms with Crippen LogP contribution in [0.3, 0.4) is 0 Å². The number of fused-ring (bicyclic) bond motifs is 1. The van der Waals surface area contributed by atoms with Gasteiger partial charge in [0.05, 0.1) is 0 Å². The van der Waals surface area contributed by atoms with E-state index in [9.17, 15) is 10.2 Å². The summed E-state index contributed by atoms with van der Waals surface area (Å²) >= 11 is -0.361. The maximum atomic E-state index is 11.8. The molecule has 4 atom stereocenters. The summed E-state index contributed by atoms with van der Waals surface area (Å²) in [6, 6.07) is 29.1. The average molecular weight is 761 g/mol. The van der Waals surface area contributed by atoms with Gasteiger partial charge in [-0.2, -0.15) is 0 Å². The zero-order valence-electron chi connectivity index (χ0n) is 31.3. The third kappa shape index (κ3) is 9.73. The molecule has 6 rings (SSSR count). The van der Waals surface area contributed by atoms with Crippen molar-refractivity contribution in [1.82, 2.24) is 0 Å². The van der Waals surface area contributed by atoms with Gasteiger partial charge in [0.25, 0.3) is 0 Å². The van der Waals surface area contributed by atoms with Crippen molar-refractivity contribution in [2.24, 2.45) is 0 Å². The van der Waals surface area contributed by atoms with Crippen molar-refractivity contribution < 1.29 is 35.1 Å². The van der Waals surface area contributed by atoms with Crippen molar-refractivity contribution in [1.29, 1.82) is 0 Å². The van der Waals surface area contributed by atoms with Gasteiger partial charge in [-0.25, -0.2) is 0 Å². The van der Waals surface area contributed by atoms with E-state index in [-0.39, 0.29) is 42.2 Å². The van der Waals surface area contributed by atoms with E-state index in [1.165, 1.54) is 49.7 Å². The second-order valence-corrected chi connectivity index (χ2v) is 27.7. The Morgan fingerprint density at radius 1 is 0.588 bits per heavy atom. The fraction of sp³-hybridized carbons (Fsp3) is 0.455. The number of benzene rings is 4. The van der Waals surface area contributed by atoms with E-state index in [0.29, 0.717) is 46.7 Å². The number of phenolic OH excluding ortho intramolecular Hbond substituents is 2. The molecule has 1 fully saturated rings. The fourth-order valence-electron chi connectivity index (χ4n) is 7.04. The Bertz CT molecular complexity index is 1750. The van der Waals surface area contributed by atoms with Gasteiger partial charge < -0.3 is 0 Å². The van der Waals surface area contributed by atoms with Crippen molar-refractivity contribution in [3.05, 3.63) is 118 Å². The van der Waals surface area contributed by atoms with Crippen LogP contribution in [0.1, 0.15) is 113 Å². The first-order valence-corrected chi connectivity index (χ1v) is 25.3. The molecule has 0 saturated heterocycles. The topological polar surface area (TPSA) is 58.9 Å². The van der Waals surface area contributed by atoms with E-state index in [0.717, 1.165) is 33.8 Å². The zero-order chi connectivity index (χ0) is 36.2. The molecule has 1 aliphatic carbocycles. The summed E-state index contributed by atoms with van der Waals surface area (Å²) in [5.41, 5.74) is 6.59. The number of phenols is 2. The van der Waals surface area contributed by atoms with Crippen LogP contribution in [0, 0.1) is 0 Å². The Morgan fingerprint density at radius 2 is 0.980 bits per heavy atom. The van der Waals surface area contributed by atoms with Crippen molar-refractivity contribution in [2.45, 2.75) is 126 Å². The molecule has 2 aliphatic rings. The molecule has 4 nitrogen and oxygen atoms in total. The zero-order valence-corrected chi connectivity index (χ0v) is 34.5. The van der Waals surface area contributed by atoms with E-state index < -0.39 is 0 Å². The van der Waals surface area contributed by atoms with Gasteiger partial charge in [0.2, 0.25) is 0 Å². The third-order valence-corrected chi connectivity index (χ3v) is 26.1. The summed E-state index contributed by atoms with van der Waals surface area (Å²) in [7, 11) is 0.471. The predicted molar refractivity (Wildman–Crippen MR) is 213 cm³/mol. The molecule has 1 saturated carbocycles. The molecule has 1 heterocycles. The molecule has 51 heavy (non-hydrogen) atoms. The molecule has 0 spiro atoms. The van der Waals surface area contributed by atoms with Gasteiger partial charge >= 0.3 is 319 Å². The van der Waals surface area contributed by atoms with E-state index in [4.69, 9.17) is 9.47 Å². The van der Waals surface area contributed by atoms with E-state index >= 15 is 0 Å². The molecule has 0 bridgehead atoms. The standard InChI is InChI=1S/C44H56O4S2.Ti/c1-43(2,3)35-23-33(41(45)37(25-35)47-27-31-17-11-9-12-18-31)29-49-39-21-15-7-8-16-22-40(39)50-30-34-24-36(44(4,5)6)26-38(42(34)46)48-28-32-19-13-10-14-20-32;/h9-14,17-20,23-26,39-40,45-46H,7-8,15-16,21-22,27-30H2,1-6H3;/t39-,40?;/m0./s1. The van der Waals surface area contributed by atoms with Crippen LogP contribution in [0.25, 0.3) is 0 Å². The minimum atomic E-state index is -0.361. The van der Waals surface area contributed by atoms with Crippen molar-refractivity contribution in [3.8, 4) is 23.0 Å². The second-order valence-electron chi connectivity index (χ2n) is 16.3. The number of hydrogen-bond donors (Lipinski definition) is 2. The summed E-state index contributed by atoms with van der Waals surface area (Å²) in [5, 5.41) is 24.9. The number of aromatic hydroxyl groups is 2. The summed E-state index contributed by atoms with van der Waals surface area (Å²) in [4.78, 5) is 0. The van der Waals surface area contributed by atoms with Gasteiger partial charge in [0.15, 0.2) is 0 Å². The average Bonchev–Trinajstić information content (AvgIpc) is 3.38. The molecular formula is C44H56O4S2Ti. The minimum absolute atomic E-state index is 0.0642. The fourth-order valence-corrected chi connectivity index (χ4v) is 27.9. The Labute approximate surface area is 316 Å². The van der Waals surface area contributed by atoms with Crippen LogP contribution in [0.5, 0.6) is 23.0 Å². The van der Waals surface area contributed by atoms with Crippen LogP contribution in [0.4, 0.5) is 0 Å². The van der Waals surface area contributed by atoms with Gasteiger partial charge in [-0.3, -0.25) is 0 Å². The third-order valence-electron chi connectivity index (χ3n) is 10.2. The molecule has 4 aromatic rings. The molecule has 4 aromatic carbocycles. The van der Waals surface area contributed by atoms with E-state index in [2.05, 4.69) is 90.1 Å². The first kappa shape index (κ1) is 38.2. The molecule has 2 N–H and O–H groups in total. The molecule has 7 heteroatoms. The SMILES string of the molecule is CC(C)(C)c1cc(C[S]2=[Ti]=[S](Cc3cc(C(C)(C)C)cc(OCc4ccccc4)c3O)[C@H]3CCCCCCC32)c(O)c(OCc2ccccc2)c1. The molecule has 272 valence electrons. The Kier molecular flexibility index (Phi) is 12.5. The Morgan fingerprint density at radius 3 is 1.35 bits per heavy atom. The Balaban J connectivity index is 1.37. The number of hydrogen-bond acceptors (Lipinski definition) is 4. The van der Waals surface area contributed by atoms with Gasteiger partial charge in [0, 0.05) is 0 Å². The van der Waals surface area contributed by atoms with E-state index in [1.807, 2.05) is 36.4 Å². The first-order chi connectivity index (χ1) is 24.4. The van der Waals surface area contributed by atoms with Gasteiger partial charge in [-0.15, -0.1) is 0 Å². The Hall–Kier alpha value is -2.51. The second kappa shape index (κ2) is 16.7. The summed E-state index contributed by atoms with van der Waals surface area (Å²) in [6.45, 7) is 14.3. The molecule has 0 radical (unpaired) electrons. The number of rotatable bonds is 10. The van der Waals surface area contributed by atoms with Crippen LogP contribution >= 0.6 is 15.9 Å². The van der Waals surface area contributed by atoms with Crippen LogP contribution in [-0.4, -0.2) is 20.7 Å². The van der Waals surface area contributed by atoms with Crippen LogP contribution < -0.4 is 9.47 Å². The molecular weight excluding hydrogens is 704 g/mol. The predicted octanol–water partition coefficient (Wildman–Crippen LogP) is 12.1. The summed E-state index contributed by atoms with van der Waals surface area (Å²) in [5.74, 6) is 3.71. The van der Waals surface area contributed by atoms with Crippen molar-refractivity contribution in [3.63, 3.8) is 0 Å². The normalized spacial score (nSPS) is 20.7. The molecule has 3 unspecified atom stereocenters. The summed E-state index contributed by atoms with van der Waals surface area (Å²) < 4.78 is 12.7. The maximum absolute atomic E-state index is 11.8. The van der Waals surface area contributed by atoms with Crippen LogP contribution in [0.15, 0.2) is 84.9 Å². The van der Waals surface area contributed by atoms with E-state index in [1.54, 1.807) is 0 Å². The van der Waals surface area contributed by atoms with Gasteiger partial charge in [-0.1, -0.05) is 0 Å². The number of ether oxygens (including phenoxy) is 2. The van der Waals surface area contributed by atoms with Crippen LogP contribution in [-0.2, 0) is 51.0 Å². The van der Waals surface area contributed by atoms with Crippen molar-refractivity contribution >= 4 is 15.9 Å².